The van der Waals surface area contributed by atoms with Gasteiger partial charge in [0.1, 0.15) is 0 Å². The summed E-state index contributed by atoms with van der Waals surface area (Å²) in [6, 6.07) is 1.08. The molecular formula is C5HF6N2-. The minimum atomic E-state index is -4.92. The third kappa shape index (κ3) is 2.13. The molecule has 1 aromatic heterocycles. The van der Waals surface area contributed by atoms with E-state index < -0.39 is 23.7 Å². The van der Waals surface area contributed by atoms with E-state index in [1.54, 1.807) is 0 Å². The first kappa shape index (κ1) is 9.87. The number of nitrogens with one attached hydrogen (secondary N) is 1. The van der Waals surface area contributed by atoms with E-state index >= 15 is 0 Å². The number of aromatic nitrogens is 2. The molecule has 0 spiro atoms. The number of hydrogen-bond acceptors (Lipinski definition) is 1. The first-order chi connectivity index (χ1) is 5.71. The predicted octanol–water partition coefficient (Wildman–Crippen LogP) is 2.25. The van der Waals surface area contributed by atoms with E-state index in [0.29, 0.717) is 0 Å². The minimum Gasteiger partial charge on any atom is -0.407 e. The normalized spacial score (nSPS) is 13.4. The first-order valence-electron chi connectivity index (χ1n) is 2.83. The molecule has 1 rings (SSSR count). The van der Waals surface area contributed by atoms with Crippen molar-refractivity contribution in [2.45, 2.75) is 12.4 Å². The van der Waals surface area contributed by atoms with Crippen molar-refractivity contribution >= 4 is 0 Å². The lowest BCUT2D eigenvalue weighted by Gasteiger charge is -2.10. The van der Waals surface area contributed by atoms with Crippen molar-refractivity contribution in [3.05, 3.63) is 17.5 Å². The predicted molar refractivity (Wildman–Crippen MR) is 27.4 cm³/mol. The largest absolute Gasteiger partial charge is 0.407 e. The molecule has 2 nitrogen and oxygen atoms in total. The molecule has 0 saturated carbocycles. The lowest BCUT2D eigenvalue weighted by atomic mass is 10.3. The lowest BCUT2D eigenvalue weighted by Crippen LogP contribution is -2.06. The van der Waals surface area contributed by atoms with E-state index in [2.05, 4.69) is 5.10 Å². The van der Waals surface area contributed by atoms with Gasteiger partial charge in [-0.25, -0.2) is 5.10 Å². The molecule has 0 radical (unpaired) electrons. The average Bonchev–Trinajstić information content (AvgIpc) is 2.28. The second kappa shape index (κ2) is 2.64. The number of rotatable bonds is 0. The minimum absolute atomic E-state index is 1.08. The van der Waals surface area contributed by atoms with Crippen molar-refractivity contribution in [3.8, 4) is 0 Å². The van der Waals surface area contributed by atoms with Gasteiger partial charge in [-0.3, -0.25) is 0 Å². The van der Waals surface area contributed by atoms with E-state index in [0.717, 1.165) is 6.07 Å². The van der Waals surface area contributed by atoms with Crippen LogP contribution in [0.5, 0.6) is 0 Å². The molecule has 0 unspecified atom stereocenters. The second-order valence-electron chi connectivity index (χ2n) is 2.07. The van der Waals surface area contributed by atoms with Crippen LogP contribution in [-0.2, 0) is 12.4 Å². The Labute approximate surface area is 67.6 Å². The monoisotopic (exact) mass is 203 g/mol. The van der Waals surface area contributed by atoms with Gasteiger partial charge in [0.05, 0.1) is 0 Å². The van der Waals surface area contributed by atoms with Gasteiger partial charge in [0.2, 0.25) is 0 Å². The highest BCUT2D eigenvalue weighted by atomic mass is 19.4. The highest BCUT2D eigenvalue weighted by Gasteiger charge is 2.31. The fourth-order valence-electron chi connectivity index (χ4n) is 0.555. The van der Waals surface area contributed by atoms with Crippen LogP contribution < -0.4 is 0 Å². The maximum absolute atomic E-state index is 11.7. The molecule has 0 atom stereocenters. The summed E-state index contributed by atoms with van der Waals surface area (Å²) >= 11 is 0. The Morgan fingerprint density at radius 3 is 1.77 bits per heavy atom. The first-order valence-corrected chi connectivity index (χ1v) is 2.83. The summed E-state index contributed by atoms with van der Waals surface area (Å²) in [7, 11) is 0. The van der Waals surface area contributed by atoms with Crippen molar-refractivity contribution < 1.29 is 26.3 Å². The second-order valence-corrected chi connectivity index (χ2v) is 2.07. The van der Waals surface area contributed by atoms with Crippen LogP contribution >= 0.6 is 0 Å². The Morgan fingerprint density at radius 2 is 1.54 bits per heavy atom. The van der Waals surface area contributed by atoms with E-state index in [4.69, 9.17) is 0 Å². The quantitative estimate of drug-likeness (QED) is 0.508. The molecule has 1 heterocycles. The molecule has 0 bridgehead atoms. The van der Waals surface area contributed by atoms with Gasteiger partial charge < -0.3 is 11.2 Å². The van der Waals surface area contributed by atoms with Gasteiger partial charge in [-0.1, -0.05) is 0 Å². The molecule has 0 saturated heterocycles. The van der Waals surface area contributed by atoms with Crippen molar-refractivity contribution in [1.82, 2.24) is 10.2 Å². The number of halogens is 6. The fourth-order valence-corrected chi connectivity index (χ4v) is 0.555. The number of nitrogens with zero attached hydrogens (tertiary/aromatic N) is 1. The van der Waals surface area contributed by atoms with Gasteiger partial charge in [0, 0.05) is 0 Å². The molecule has 0 aliphatic heterocycles. The van der Waals surface area contributed by atoms with Crippen LogP contribution in [0.1, 0.15) is 11.4 Å². The standard InChI is InChI=1S/C5HF6N2/c6-4(7,8)2-1-3(13-12-2)5(9,10)11/h(H,12,13)/q-1. The van der Waals surface area contributed by atoms with Crippen LogP contribution in [0.15, 0.2) is 0 Å². The number of hydrogen-bond donors (Lipinski definition) is 1. The smallest absolute Gasteiger partial charge is 0.402 e. The van der Waals surface area contributed by atoms with E-state index in [1.165, 1.54) is 5.10 Å². The SMILES string of the molecule is FC(F)(F)c1[c-]c(C(F)(F)F)[nH]n1. The van der Waals surface area contributed by atoms with Crippen LogP contribution in [0.2, 0.25) is 0 Å². The Morgan fingerprint density at radius 1 is 1.00 bits per heavy atom. The van der Waals surface area contributed by atoms with Crippen molar-refractivity contribution in [1.29, 1.82) is 0 Å². The summed E-state index contributed by atoms with van der Waals surface area (Å²) in [5.74, 6) is 0. The maximum Gasteiger partial charge on any atom is 0.402 e. The van der Waals surface area contributed by atoms with Crippen LogP contribution in [-0.4, -0.2) is 10.2 Å². The van der Waals surface area contributed by atoms with Crippen molar-refractivity contribution in [3.63, 3.8) is 0 Å². The number of alkyl halides is 6. The van der Waals surface area contributed by atoms with E-state index in [9.17, 15) is 26.3 Å². The highest BCUT2D eigenvalue weighted by Crippen LogP contribution is 2.32. The molecule has 1 N–H and O–H groups in total. The lowest BCUT2D eigenvalue weighted by molar-refractivity contribution is -0.143. The van der Waals surface area contributed by atoms with Gasteiger partial charge in [-0.05, 0) is 11.4 Å². The molecule has 0 fully saturated rings. The number of H-pyrrole nitrogens is 1. The van der Waals surface area contributed by atoms with E-state index in [-0.39, 0.29) is 0 Å². The molecule has 0 aromatic carbocycles. The third-order valence-electron chi connectivity index (χ3n) is 1.07. The van der Waals surface area contributed by atoms with Gasteiger partial charge in [0.25, 0.3) is 0 Å². The summed E-state index contributed by atoms with van der Waals surface area (Å²) in [4.78, 5) is 0. The zero-order valence-electron chi connectivity index (χ0n) is 5.72. The van der Waals surface area contributed by atoms with Gasteiger partial charge in [-0.2, -0.15) is 26.3 Å². The van der Waals surface area contributed by atoms with Gasteiger partial charge in [0.15, 0.2) is 0 Å². The molecule has 0 aliphatic carbocycles. The maximum atomic E-state index is 11.7. The molecule has 74 valence electrons. The Bertz CT molecular complexity index is 266. The fraction of sp³-hybridized carbons (Fsp3) is 0.400. The van der Waals surface area contributed by atoms with Crippen LogP contribution in [0.3, 0.4) is 0 Å². The molecule has 1 aromatic rings. The van der Waals surface area contributed by atoms with Crippen molar-refractivity contribution in [2.75, 3.05) is 0 Å². The summed E-state index contributed by atoms with van der Waals surface area (Å²) in [5, 5.41) is 3.63. The topological polar surface area (TPSA) is 28.7 Å². The van der Waals surface area contributed by atoms with E-state index in [1.807, 2.05) is 0 Å². The molecule has 13 heavy (non-hydrogen) atoms. The number of aromatic amines is 1. The van der Waals surface area contributed by atoms with Crippen LogP contribution in [0.4, 0.5) is 26.3 Å². The zero-order chi connectivity index (χ0) is 10.3. The zero-order valence-corrected chi connectivity index (χ0v) is 5.72. The Balaban J connectivity index is 3.01. The van der Waals surface area contributed by atoms with Crippen LogP contribution in [0.25, 0.3) is 0 Å². The molecule has 0 aliphatic rings. The highest BCUT2D eigenvalue weighted by molar-refractivity contribution is 5.11. The summed E-state index contributed by atoms with van der Waals surface area (Å²) in [6.45, 7) is 0. The van der Waals surface area contributed by atoms with Crippen molar-refractivity contribution in [2.24, 2.45) is 0 Å². The molecule has 8 heteroatoms. The molecule has 0 amide bonds. The summed E-state index contributed by atoms with van der Waals surface area (Å²) in [5.41, 5.74) is -3.35. The van der Waals surface area contributed by atoms with Gasteiger partial charge >= 0.3 is 12.4 Å². The Kier molecular flexibility index (Phi) is 2.01. The van der Waals surface area contributed by atoms with Crippen LogP contribution in [0, 0.1) is 6.07 Å². The average molecular weight is 203 g/mol. The van der Waals surface area contributed by atoms with Gasteiger partial charge in [-0.15, -0.1) is 0 Å². The summed E-state index contributed by atoms with van der Waals surface area (Å²) < 4.78 is 70.3. The molecular weight excluding hydrogens is 202 g/mol. The summed E-state index contributed by atoms with van der Waals surface area (Å²) in [6.07, 6.45) is -9.81. The third-order valence-corrected chi connectivity index (χ3v) is 1.07. The Hall–Kier alpha value is -1.21.